The second-order valence-corrected chi connectivity index (χ2v) is 5.57. The third-order valence-electron chi connectivity index (χ3n) is 3.13. The number of hydrogen-bond acceptors (Lipinski definition) is 1. The molecule has 0 amide bonds. The van der Waals surface area contributed by atoms with Crippen LogP contribution in [-0.4, -0.2) is 6.54 Å². The topological polar surface area (TPSA) is 26.0 Å². The number of nitrogens with two attached hydrogens (primary N) is 1. The molecule has 0 aliphatic rings. The Morgan fingerprint density at radius 1 is 1.16 bits per heavy atom. The fourth-order valence-electron chi connectivity index (χ4n) is 2.10. The normalized spacial score (nSPS) is 12.4. The van der Waals surface area contributed by atoms with E-state index in [0.717, 1.165) is 11.1 Å². The summed E-state index contributed by atoms with van der Waals surface area (Å²) in [5.41, 5.74) is 7.74. The van der Waals surface area contributed by atoms with E-state index in [2.05, 4.69) is 15.9 Å². The Bertz CT molecular complexity index is 574. The van der Waals surface area contributed by atoms with Crippen LogP contribution in [0.3, 0.4) is 0 Å². The molecule has 0 aromatic heterocycles. The van der Waals surface area contributed by atoms with E-state index >= 15 is 0 Å². The van der Waals surface area contributed by atoms with Gasteiger partial charge in [0.1, 0.15) is 5.82 Å². The lowest BCUT2D eigenvalue weighted by Gasteiger charge is -2.17. The molecule has 2 aromatic rings. The van der Waals surface area contributed by atoms with Gasteiger partial charge >= 0.3 is 0 Å². The van der Waals surface area contributed by atoms with Gasteiger partial charge in [0, 0.05) is 10.9 Å². The second-order valence-electron chi connectivity index (χ2n) is 4.37. The van der Waals surface area contributed by atoms with Crippen molar-refractivity contribution in [1.29, 1.82) is 0 Å². The zero-order chi connectivity index (χ0) is 13.8. The zero-order valence-corrected chi connectivity index (χ0v) is 12.6. The lowest BCUT2D eigenvalue weighted by atomic mass is 9.92. The summed E-state index contributed by atoms with van der Waals surface area (Å²) >= 11 is 9.47. The van der Waals surface area contributed by atoms with Crippen molar-refractivity contribution in [3.63, 3.8) is 0 Å². The van der Waals surface area contributed by atoms with Gasteiger partial charge in [-0.05, 0) is 52.2 Å². The second kappa shape index (κ2) is 6.51. The lowest BCUT2D eigenvalue weighted by Crippen LogP contribution is -2.15. The van der Waals surface area contributed by atoms with Gasteiger partial charge in [0.15, 0.2) is 0 Å². The molecule has 2 aromatic carbocycles. The highest BCUT2D eigenvalue weighted by atomic mass is 79.9. The van der Waals surface area contributed by atoms with E-state index in [-0.39, 0.29) is 11.7 Å². The van der Waals surface area contributed by atoms with Crippen molar-refractivity contribution in [3.05, 3.63) is 68.9 Å². The van der Waals surface area contributed by atoms with Crippen LogP contribution in [0.2, 0.25) is 5.02 Å². The van der Waals surface area contributed by atoms with E-state index < -0.39 is 0 Å². The quantitative estimate of drug-likeness (QED) is 0.868. The van der Waals surface area contributed by atoms with E-state index in [1.807, 2.05) is 30.3 Å². The van der Waals surface area contributed by atoms with Gasteiger partial charge in [0.05, 0.1) is 4.47 Å². The average molecular weight is 343 g/mol. The maximum atomic E-state index is 13.5. The van der Waals surface area contributed by atoms with Crippen molar-refractivity contribution < 1.29 is 4.39 Å². The summed E-state index contributed by atoms with van der Waals surface area (Å²) in [6.07, 6.45) is 0.651. The standard InChI is InChI=1S/C15H14BrClFN/c16-15-10(4-3-7-14(15)18)8-11(9-19)12-5-1-2-6-13(12)17/h1-7,11H,8-9,19H2. The minimum Gasteiger partial charge on any atom is -0.330 e. The fraction of sp³-hybridized carbons (Fsp3) is 0.200. The average Bonchev–Trinajstić information content (AvgIpc) is 2.41. The maximum absolute atomic E-state index is 13.5. The molecule has 0 spiro atoms. The molecule has 0 aliphatic carbocycles. The Hall–Kier alpha value is -0.900. The minimum atomic E-state index is -0.257. The van der Waals surface area contributed by atoms with E-state index in [9.17, 15) is 4.39 Å². The molecule has 1 unspecified atom stereocenters. The highest BCUT2D eigenvalue weighted by Gasteiger charge is 2.16. The summed E-state index contributed by atoms with van der Waals surface area (Å²) in [7, 11) is 0. The molecule has 2 N–H and O–H groups in total. The van der Waals surface area contributed by atoms with Crippen LogP contribution in [0.4, 0.5) is 4.39 Å². The van der Waals surface area contributed by atoms with Gasteiger partial charge < -0.3 is 5.73 Å². The van der Waals surface area contributed by atoms with Crippen molar-refractivity contribution in [2.45, 2.75) is 12.3 Å². The number of benzene rings is 2. The first-order valence-electron chi connectivity index (χ1n) is 6.01. The first kappa shape index (κ1) is 14.5. The van der Waals surface area contributed by atoms with Crippen molar-refractivity contribution in [1.82, 2.24) is 0 Å². The molecule has 0 fully saturated rings. The summed E-state index contributed by atoms with van der Waals surface area (Å²) < 4.78 is 14.0. The molecular formula is C15H14BrClFN. The van der Waals surface area contributed by atoms with Crippen LogP contribution in [0, 0.1) is 5.82 Å². The fourth-order valence-corrected chi connectivity index (χ4v) is 2.81. The number of rotatable bonds is 4. The molecule has 0 saturated carbocycles. The van der Waals surface area contributed by atoms with Crippen LogP contribution in [0.1, 0.15) is 17.0 Å². The molecule has 0 saturated heterocycles. The summed E-state index contributed by atoms with van der Waals surface area (Å²) in [6.45, 7) is 0.465. The number of halogens is 3. The van der Waals surface area contributed by atoms with Crippen LogP contribution < -0.4 is 5.73 Å². The van der Waals surface area contributed by atoms with Gasteiger partial charge in [0.2, 0.25) is 0 Å². The molecule has 1 nitrogen and oxygen atoms in total. The van der Waals surface area contributed by atoms with Gasteiger partial charge in [-0.1, -0.05) is 41.9 Å². The van der Waals surface area contributed by atoms with Crippen molar-refractivity contribution in [2.24, 2.45) is 5.73 Å². The minimum absolute atomic E-state index is 0.0757. The zero-order valence-electron chi connectivity index (χ0n) is 10.2. The van der Waals surface area contributed by atoms with Crippen molar-refractivity contribution in [3.8, 4) is 0 Å². The Kier molecular flexibility index (Phi) is 4.97. The molecule has 2 rings (SSSR count). The molecule has 0 bridgehead atoms. The molecule has 1 atom stereocenters. The molecule has 0 heterocycles. The van der Waals surface area contributed by atoms with E-state index in [1.54, 1.807) is 6.07 Å². The highest BCUT2D eigenvalue weighted by molar-refractivity contribution is 9.10. The Morgan fingerprint density at radius 3 is 2.58 bits per heavy atom. The first-order chi connectivity index (χ1) is 9.13. The maximum Gasteiger partial charge on any atom is 0.137 e. The molecular weight excluding hydrogens is 329 g/mol. The highest BCUT2D eigenvalue weighted by Crippen LogP contribution is 2.30. The summed E-state index contributed by atoms with van der Waals surface area (Å²) in [5, 5.41) is 0.700. The van der Waals surface area contributed by atoms with Gasteiger partial charge in [0.25, 0.3) is 0 Å². The van der Waals surface area contributed by atoms with Gasteiger partial charge in [-0.2, -0.15) is 0 Å². The van der Waals surface area contributed by atoms with E-state index in [0.29, 0.717) is 22.5 Å². The molecule has 4 heteroatoms. The van der Waals surface area contributed by atoms with Crippen LogP contribution in [-0.2, 0) is 6.42 Å². The first-order valence-corrected chi connectivity index (χ1v) is 7.18. The monoisotopic (exact) mass is 341 g/mol. The molecule has 19 heavy (non-hydrogen) atoms. The van der Waals surface area contributed by atoms with E-state index in [1.165, 1.54) is 6.07 Å². The third-order valence-corrected chi connectivity index (χ3v) is 4.36. The summed E-state index contributed by atoms with van der Waals surface area (Å²) in [5.74, 6) is -0.181. The lowest BCUT2D eigenvalue weighted by molar-refractivity contribution is 0.613. The Labute approximate surface area is 125 Å². The van der Waals surface area contributed by atoms with Crippen molar-refractivity contribution >= 4 is 27.5 Å². The summed E-state index contributed by atoms with van der Waals surface area (Å²) in [6, 6.07) is 12.7. The van der Waals surface area contributed by atoms with Crippen LogP contribution in [0.5, 0.6) is 0 Å². The summed E-state index contributed by atoms with van der Waals surface area (Å²) in [4.78, 5) is 0. The van der Waals surface area contributed by atoms with Gasteiger partial charge in [-0.25, -0.2) is 4.39 Å². The van der Waals surface area contributed by atoms with Crippen LogP contribution in [0.15, 0.2) is 46.9 Å². The van der Waals surface area contributed by atoms with Crippen LogP contribution in [0.25, 0.3) is 0 Å². The van der Waals surface area contributed by atoms with Gasteiger partial charge in [-0.3, -0.25) is 0 Å². The SMILES string of the molecule is NCC(Cc1cccc(F)c1Br)c1ccccc1Cl. The van der Waals surface area contributed by atoms with Crippen LogP contribution >= 0.6 is 27.5 Å². The molecule has 100 valence electrons. The third kappa shape index (κ3) is 3.35. The smallest absolute Gasteiger partial charge is 0.137 e. The van der Waals surface area contributed by atoms with Gasteiger partial charge in [-0.15, -0.1) is 0 Å². The largest absolute Gasteiger partial charge is 0.330 e. The predicted octanol–water partition coefficient (Wildman–Crippen LogP) is 4.53. The Balaban J connectivity index is 2.30. The Morgan fingerprint density at radius 2 is 1.89 bits per heavy atom. The predicted molar refractivity (Wildman–Crippen MR) is 81.1 cm³/mol. The number of hydrogen-bond donors (Lipinski definition) is 1. The molecule has 0 radical (unpaired) electrons. The van der Waals surface area contributed by atoms with Crippen molar-refractivity contribution in [2.75, 3.05) is 6.54 Å². The van der Waals surface area contributed by atoms with E-state index in [4.69, 9.17) is 17.3 Å². The molecule has 0 aliphatic heterocycles.